The van der Waals surface area contributed by atoms with Gasteiger partial charge >= 0.3 is 0 Å². The summed E-state index contributed by atoms with van der Waals surface area (Å²) in [5, 5.41) is 5.77. The third-order valence-electron chi connectivity index (χ3n) is 5.11. The maximum absolute atomic E-state index is 12.8. The van der Waals surface area contributed by atoms with Crippen molar-refractivity contribution in [1.29, 1.82) is 0 Å². The van der Waals surface area contributed by atoms with Crippen molar-refractivity contribution in [3.05, 3.63) is 54.1 Å². The molecule has 1 aliphatic rings. The second-order valence-electron chi connectivity index (χ2n) is 9.01. The normalized spacial score (nSPS) is 15.0. The van der Waals surface area contributed by atoms with Crippen molar-refractivity contribution < 1.29 is 14.3 Å². The van der Waals surface area contributed by atoms with Crippen LogP contribution in [0.1, 0.15) is 53.0 Å². The Hall–Kier alpha value is -2.82. The number of carbonyl (C=O) groups excluding carboxylic acids is 2. The predicted octanol–water partition coefficient (Wildman–Crippen LogP) is 5.13. The molecule has 5 nitrogen and oxygen atoms in total. The maximum atomic E-state index is 12.8. The first-order chi connectivity index (χ1) is 13.6. The molecule has 2 N–H and O–H groups in total. The van der Waals surface area contributed by atoms with Gasteiger partial charge in [-0.3, -0.25) is 9.59 Å². The fourth-order valence-electron chi connectivity index (χ4n) is 3.13. The molecular formula is C24H30N2O3. The van der Waals surface area contributed by atoms with Gasteiger partial charge in [-0.05, 0) is 74.1 Å². The van der Waals surface area contributed by atoms with Gasteiger partial charge in [0.1, 0.15) is 11.2 Å². The van der Waals surface area contributed by atoms with Gasteiger partial charge in [0.15, 0.2) is 0 Å². The summed E-state index contributed by atoms with van der Waals surface area (Å²) in [5.41, 5.74) is 1.61. The molecule has 1 saturated carbocycles. The Bertz CT molecular complexity index is 874. The van der Waals surface area contributed by atoms with Crippen LogP contribution in [0.4, 0.5) is 11.4 Å². The molecule has 5 heteroatoms. The first-order valence-corrected chi connectivity index (χ1v) is 10.1. The van der Waals surface area contributed by atoms with Gasteiger partial charge in [0.2, 0.25) is 11.8 Å². The molecule has 0 aliphatic heterocycles. The number of ether oxygens (including phenoxy) is 1. The highest BCUT2D eigenvalue weighted by Crippen LogP contribution is 2.47. The van der Waals surface area contributed by atoms with Crippen LogP contribution in [0.15, 0.2) is 48.5 Å². The monoisotopic (exact) mass is 394 g/mol. The second-order valence-corrected chi connectivity index (χ2v) is 9.01. The van der Waals surface area contributed by atoms with Crippen LogP contribution in [0, 0.1) is 5.41 Å². The third kappa shape index (κ3) is 4.97. The molecule has 154 valence electrons. The molecule has 0 aromatic heterocycles. The molecule has 0 unspecified atom stereocenters. The van der Waals surface area contributed by atoms with E-state index in [-0.39, 0.29) is 23.3 Å². The molecule has 0 atom stereocenters. The molecule has 3 rings (SSSR count). The largest absolute Gasteiger partial charge is 0.491 e. The van der Waals surface area contributed by atoms with Gasteiger partial charge < -0.3 is 15.4 Å². The SMILES string of the molecule is CC(C)Oc1ccc(NC(=O)C2(C(=O)Nc3ccc(C(C)(C)C)cc3)CC2)cc1. The van der Waals surface area contributed by atoms with Crippen LogP contribution >= 0.6 is 0 Å². The highest BCUT2D eigenvalue weighted by Gasteiger charge is 2.56. The number of hydrogen-bond acceptors (Lipinski definition) is 3. The Morgan fingerprint density at radius 2 is 1.31 bits per heavy atom. The van der Waals surface area contributed by atoms with Gasteiger partial charge in [0.05, 0.1) is 6.10 Å². The second kappa shape index (κ2) is 7.90. The lowest BCUT2D eigenvalue weighted by molar-refractivity contribution is -0.131. The van der Waals surface area contributed by atoms with Gasteiger partial charge in [-0.25, -0.2) is 0 Å². The quantitative estimate of drug-likeness (QED) is 0.668. The van der Waals surface area contributed by atoms with Crippen molar-refractivity contribution in [2.75, 3.05) is 10.6 Å². The molecule has 1 aliphatic carbocycles. The number of benzene rings is 2. The Morgan fingerprint density at radius 1 is 0.862 bits per heavy atom. The number of anilines is 2. The molecule has 0 bridgehead atoms. The minimum atomic E-state index is -0.990. The number of nitrogens with one attached hydrogen (secondary N) is 2. The third-order valence-corrected chi connectivity index (χ3v) is 5.11. The van der Waals surface area contributed by atoms with Crippen molar-refractivity contribution in [1.82, 2.24) is 0 Å². The lowest BCUT2D eigenvalue weighted by Crippen LogP contribution is -2.35. The lowest BCUT2D eigenvalue weighted by Gasteiger charge is -2.20. The van der Waals surface area contributed by atoms with E-state index in [2.05, 4.69) is 31.4 Å². The summed E-state index contributed by atoms with van der Waals surface area (Å²) in [4.78, 5) is 25.6. The molecule has 1 fully saturated rings. The Labute approximate surface area is 172 Å². The zero-order valence-electron chi connectivity index (χ0n) is 17.8. The van der Waals surface area contributed by atoms with E-state index in [0.717, 1.165) is 5.75 Å². The fraction of sp³-hybridized carbons (Fsp3) is 0.417. The van der Waals surface area contributed by atoms with E-state index in [4.69, 9.17) is 4.74 Å². The van der Waals surface area contributed by atoms with Crippen molar-refractivity contribution in [2.24, 2.45) is 5.41 Å². The summed E-state index contributed by atoms with van der Waals surface area (Å²) in [6.45, 7) is 10.4. The maximum Gasteiger partial charge on any atom is 0.240 e. The van der Waals surface area contributed by atoms with Gasteiger partial charge in [-0.2, -0.15) is 0 Å². The average molecular weight is 395 g/mol. The van der Waals surface area contributed by atoms with Gasteiger partial charge in [0, 0.05) is 11.4 Å². The molecule has 0 radical (unpaired) electrons. The summed E-state index contributed by atoms with van der Waals surface area (Å²) in [5.74, 6) is 0.229. The van der Waals surface area contributed by atoms with E-state index in [1.54, 1.807) is 12.1 Å². The Balaban J connectivity index is 1.62. The molecule has 0 spiro atoms. The topological polar surface area (TPSA) is 67.4 Å². The van der Waals surface area contributed by atoms with Crippen LogP contribution in [0.5, 0.6) is 5.75 Å². The highest BCUT2D eigenvalue weighted by atomic mass is 16.5. The van der Waals surface area contributed by atoms with E-state index in [0.29, 0.717) is 24.2 Å². The molecule has 2 aromatic carbocycles. The van der Waals surface area contributed by atoms with Crippen molar-refractivity contribution in [3.8, 4) is 5.75 Å². The smallest absolute Gasteiger partial charge is 0.240 e. The van der Waals surface area contributed by atoms with Crippen LogP contribution in [-0.4, -0.2) is 17.9 Å². The summed E-state index contributed by atoms with van der Waals surface area (Å²) in [6, 6.07) is 15.0. The minimum Gasteiger partial charge on any atom is -0.491 e. The Kier molecular flexibility index (Phi) is 5.69. The molecule has 2 aromatic rings. The van der Waals surface area contributed by atoms with Crippen LogP contribution in [0.25, 0.3) is 0 Å². The van der Waals surface area contributed by atoms with Crippen LogP contribution in [-0.2, 0) is 15.0 Å². The number of amides is 2. The zero-order valence-corrected chi connectivity index (χ0v) is 17.8. The van der Waals surface area contributed by atoms with Crippen molar-refractivity contribution >= 4 is 23.2 Å². The zero-order chi connectivity index (χ0) is 21.2. The molecular weight excluding hydrogens is 364 g/mol. The van der Waals surface area contributed by atoms with Crippen molar-refractivity contribution in [3.63, 3.8) is 0 Å². The number of rotatable bonds is 6. The van der Waals surface area contributed by atoms with E-state index in [1.807, 2.05) is 50.2 Å². The summed E-state index contributed by atoms with van der Waals surface area (Å²) >= 11 is 0. The lowest BCUT2D eigenvalue weighted by atomic mass is 9.87. The van der Waals surface area contributed by atoms with E-state index < -0.39 is 5.41 Å². The van der Waals surface area contributed by atoms with Crippen LogP contribution < -0.4 is 15.4 Å². The van der Waals surface area contributed by atoms with Crippen molar-refractivity contribution in [2.45, 2.75) is 59.0 Å². The van der Waals surface area contributed by atoms with Gasteiger partial charge in [-0.1, -0.05) is 32.9 Å². The molecule has 0 heterocycles. The van der Waals surface area contributed by atoms with Gasteiger partial charge in [0.25, 0.3) is 0 Å². The van der Waals surface area contributed by atoms with Crippen LogP contribution in [0.2, 0.25) is 0 Å². The summed E-state index contributed by atoms with van der Waals surface area (Å²) in [6.07, 6.45) is 1.20. The number of hydrogen-bond donors (Lipinski definition) is 2. The van der Waals surface area contributed by atoms with Gasteiger partial charge in [-0.15, -0.1) is 0 Å². The molecule has 0 saturated heterocycles. The first-order valence-electron chi connectivity index (χ1n) is 10.1. The predicted molar refractivity (Wildman–Crippen MR) is 116 cm³/mol. The average Bonchev–Trinajstić information content (AvgIpc) is 3.45. The fourth-order valence-corrected chi connectivity index (χ4v) is 3.13. The minimum absolute atomic E-state index is 0.0515. The van der Waals surface area contributed by atoms with E-state index in [1.165, 1.54) is 5.56 Å². The van der Waals surface area contributed by atoms with E-state index in [9.17, 15) is 9.59 Å². The number of carbonyl (C=O) groups is 2. The summed E-state index contributed by atoms with van der Waals surface area (Å²) < 4.78 is 5.61. The van der Waals surface area contributed by atoms with Crippen LogP contribution in [0.3, 0.4) is 0 Å². The standard InChI is InChI=1S/C24H30N2O3/c1-16(2)29-20-12-10-19(11-13-20)26-22(28)24(14-15-24)21(27)25-18-8-6-17(7-9-18)23(3,4)5/h6-13,16H,14-15H2,1-5H3,(H,25,27)(H,26,28). The summed E-state index contributed by atoms with van der Waals surface area (Å²) in [7, 11) is 0. The molecule has 2 amide bonds. The highest BCUT2D eigenvalue weighted by molar-refractivity contribution is 6.16. The molecule has 29 heavy (non-hydrogen) atoms. The Morgan fingerprint density at radius 3 is 1.69 bits per heavy atom. The van der Waals surface area contributed by atoms with E-state index >= 15 is 0 Å². The first kappa shape index (κ1) is 20.9.